The lowest BCUT2D eigenvalue weighted by Crippen LogP contribution is -2.09. The minimum atomic E-state index is -0.325. The smallest absolute Gasteiger partial charge is 0.133 e. The van der Waals surface area contributed by atoms with E-state index in [9.17, 15) is 4.39 Å². The first-order chi connectivity index (χ1) is 10.0. The van der Waals surface area contributed by atoms with E-state index in [4.69, 9.17) is 17.3 Å². The van der Waals surface area contributed by atoms with Gasteiger partial charge >= 0.3 is 0 Å². The fourth-order valence-corrected chi connectivity index (χ4v) is 2.62. The maximum absolute atomic E-state index is 13.8. The number of hydrogen-bond acceptors (Lipinski definition) is 3. The van der Waals surface area contributed by atoms with E-state index in [-0.39, 0.29) is 5.82 Å². The summed E-state index contributed by atoms with van der Waals surface area (Å²) in [7, 11) is 0. The lowest BCUT2D eigenvalue weighted by molar-refractivity contribution is 0.611. The second-order valence-corrected chi connectivity index (χ2v) is 5.47. The standard InChI is InChI=1S/C16H19ClFN3/c1-10-12(5-4-8-19)11(2)21-16(20-10)9-13-14(17)6-3-7-15(13)18/h3,6-7H,4-5,8-9,19H2,1-2H3. The molecule has 0 saturated heterocycles. The molecule has 0 saturated carbocycles. The third-order valence-corrected chi connectivity index (χ3v) is 3.85. The van der Waals surface area contributed by atoms with Gasteiger partial charge in [-0.05, 0) is 50.9 Å². The molecule has 0 radical (unpaired) electrons. The molecule has 1 heterocycles. The van der Waals surface area contributed by atoms with Gasteiger partial charge in [0.2, 0.25) is 0 Å². The highest BCUT2D eigenvalue weighted by atomic mass is 35.5. The number of benzene rings is 1. The molecule has 0 fully saturated rings. The van der Waals surface area contributed by atoms with E-state index < -0.39 is 0 Å². The van der Waals surface area contributed by atoms with Crippen molar-refractivity contribution in [3.05, 3.63) is 57.4 Å². The largest absolute Gasteiger partial charge is 0.330 e. The number of halogens is 2. The number of nitrogens with zero attached hydrogens (tertiary/aromatic N) is 2. The lowest BCUT2D eigenvalue weighted by Gasteiger charge is -2.11. The van der Waals surface area contributed by atoms with Crippen LogP contribution in [0.5, 0.6) is 0 Å². The summed E-state index contributed by atoms with van der Waals surface area (Å²) < 4.78 is 13.8. The average Bonchev–Trinajstić information content (AvgIpc) is 2.42. The Labute approximate surface area is 129 Å². The first kappa shape index (κ1) is 15.9. The van der Waals surface area contributed by atoms with Crippen LogP contribution in [0.4, 0.5) is 4.39 Å². The Morgan fingerprint density at radius 1 is 1.14 bits per heavy atom. The maximum Gasteiger partial charge on any atom is 0.133 e. The van der Waals surface area contributed by atoms with Gasteiger partial charge in [-0.15, -0.1) is 0 Å². The molecule has 112 valence electrons. The molecular formula is C16H19ClFN3. The van der Waals surface area contributed by atoms with Crippen LogP contribution in [0.15, 0.2) is 18.2 Å². The van der Waals surface area contributed by atoms with Crippen molar-refractivity contribution in [1.82, 2.24) is 9.97 Å². The van der Waals surface area contributed by atoms with Crippen LogP contribution < -0.4 is 5.73 Å². The van der Waals surface area contributed by atoms with Crippen molar-refractivity contribution in [1.29, 1.82) is 0 Å². The van der Waals surface area contributed by atoms with E-state index in [0.717, 1.165) is 29.8 Å². The monoisotopic (exact) mass is 307 g/mol. The summed E-state index contributed by atoms with van der Waals surface area (Å²) in [5.41, 5.74) is 8.97. The molecule has 2 N–H and O–H groups in total. The highest BCUT2D eigenvalue weighted by Crippen LogP contribution is 2.22. The van der Waals surface area contributed by atoms with Gasteiger partial charge in [-0.2, -0.15) is 0 Å². The average molecular weight is 308 g/mol. The Bertz CT molecular complexity index is 600. The molecule has 21 heavy (non-hydrogen) atoms. The van der Waals surface area contributed by atoms with Gasteiger partial charge in [0.25, 0.3) is 0 Å². The molecule has 1 aromatic carbocycles. The van der Waals surface area contributed by atoms with Gasteiger partial charge in [0.1, 0.15) is 11.6 Å². The fraction of sp³-hybridized carbons (Fsp3) is 0.375. The Morgan fingerprint density at radius 3 is 2.38 bits per heavy atom. The van der Waals surface area contributed by atoms with Gasteiger partial charge < -0.3 is 5.73 Å². The third-order valence-electron chi connectivity index (χ3n) is 3.49. The normalized spacial score (nSPS) is 10.9. The van der Waals surface area contributed by atoms with Gasteiger partial charge in [-0.3, -0.25) is 0 Å². The number of aryl methyl sites for hydroxylation is 2. The van der Waals surface area contributed by atoms with E-state index in [0.29, 0.717) is 29.4 Å². The molecule has 2 aromatic rings. The van der Waals surface area contributed by atoms with E-state index in [1.807, 2.05) is 13.8 Å². The van der Waals surface area contributed by atoms with Gasteiger partial charge in [0, 0.05) is 28.4 Å². The van der Waals surface area contributed by atoms with E-state index in [1.165, 1.54) is 6.07 Å². The summed E-state index contributed by atoms with van der Waals surface area (Å²) in [6.07, 6.45) is 2.07. The molecule has 2 rings (SSSR count). The number of nitrogens with two attached hydrogens (primary N) is 1. The van der Waals surface area contributed by atoms with Crippen LogP contribution in [-0.4, -0.2) is 16.5 Å². The first-order valence-electron chi connectivity index (χ1n) is 6.99. The topological polar surface area (TPSA) is 51.8 Å². The molecular weight excluding hydrogens is 289 g/mol. The highest BCUT2D eigenvalue weighted by Gasteiger charge is 2.12. The van der Waals surface area contributed by atoms with Crippen LogP contribution in [0.3, 0.4) is 0 Å². The van der Waals surface area contributed by atoms with Crippen LogP contribution in [0, 0.1) is 19.7 Å². The van der Waals surface area contributed by atoms with Crippen molar-refractivity contribution >= 4 is 11.6 Å². The lowest BCUT2D eigenvalue weighted by atomic mass is 10.1. The SMILES string of the molecule is Cc1nc(Cc2c(F)cccc2Cl)nc(C)c1CCCN. The highest BCUT2D eigenvalue weighted by molar-refractivity contribution is 6.31. The Hall–Kier alpha value is -1.52. The minimum Gasteiger partial charge on any atom is -0.330 e. The second kappa shape index (κ2) is 6.96. The van der Waals surface area contributed by atoms with Gasteiger partial charge in [-0.1, -0.05) is 17.7 Å². The van der Waals surface area contributed by atoms with Gasteiger partial charge in [0.15, 0.2) is 0 Å². The van der Waals surface area contributed by atoms with Gasteiger partial charge in [-0.25, -0.2) is 14.4 Å². The van der Waals surface area contributed by atoms with Crippen molar-refractivity contribution < 1.29 is 4.39 Å². The van der Waals surface area contributed by atoms with Crippen LogP contribution in [0.25, 0.3) is 0 Å². The van der Waals surface area contributed by atoms with Crippen LogP contribution >= 0.6 is 11.6 Å². The Morgan fingerprint density at radius 2 is 1.81 bits per heavy atom. The molecule has 0 bridgehead atoms. The molecule has 0 atom stereocenters. The molecule has 0 aliphatic heterocycles. The van der Waals surface area contributed by atoms with Crippen molar-refractivity contribution in [3.63, 3.8) is 0 Å². The molecule has 5 heteroatoms. The predicted molar refractivity (Wildman–Crippen MR) is 83.1 cm³/mol. The van der Waals surface area contributed by atoms with Crippen molar-refractivity contribution in [3.8, 4) is 0 Å². The van der Waals surface area contributed by atoms with E-state index in [1.54, 1.807) is 12.1 Å². The molecule has 3 nitrogen and oxygen atoms in total. The van der Waals surface area contributed by atoms with Crippen LogP contribution in [-0.2, 0) is 12.8 Å². The molecule has 1 aromatic heterocycles. The molecule has 0 aliphatic rings. The summed E-state index contributed by atoms with van der Waals surface area (Å²) in [5.74, 6) is 0.266. The summed E-state index contributed by atoms with van der Waals surface area (Å²) in [6, 6.07) is 4.67. The number of rotatable bonds is 5. The number of hydrogen-bond donors (Lipinski definition) is 1. The fourth-order valence-electron chi connectivity index (χ4n) is 2.39. The van der Waals surface area contributed by atoms with Crippen molar-refractivity contribution in [2.75, 3.05) is 6.54 Å². The zero-order valence-electron chi connectivity index (χ0n) is 12.3. The third kappa shape index (κ3) is 3.77. The Balaban J connectivity index is 2.30. The van der Waals surface area contributed by atoms with Gasteiger partial charge in [0.05, 0.1) is 0 Å². The first-order valence-corrected chi connectivity index (χ1v) is 7.36. The van der Waals surface area contributed by atoms with Crippen molar-refractivity contribution in [2.45, 2.75) is 33.1 Å². The van der Waals surface area contributed by atoms with Crippen LogP contribution in [0.1, 0.15) is 34.8 Å². The van der Waals surface area contributed by atoms with Crippen LogP contribution in [0.2, 0.25) is 5.02 Å². The summed E-state index contributed by atoms with van der Waals surface area (Å²) in [6.45, 7) is 4.55. The van der Waals surface area contributed by atoms with E-state index in [2.05, 4.69) is 9.97 Å². The molecule has 0 aliphatic carbocycles. The van der Waals surface area contributed by atoms with Crippen molar-refractivity contribution in [2.24, 2.45) is 5.73 Å². The molecule has 0 amide bonds. The summed E-state index contributed by atoms with van der Waals surface area (Å²) in [5, 5.41) is 0.404. The maximum atomic E-state index is 13.8. The quantitative estimate of drug-likeness (QED) is 0.921. The summed E-state index contributed by atoms with van der Waals surface area (Å²) >= 11 is 6.05. The second-order valence-electron chi connectivity index (χ2n) is 5.06. The minimum absolute atomic E-state index is 0.296. The predicted octanol–water partition coefficient (Wildman–Crippen LogP) is 3.37. The van der Waals surface area contributed by atoms with E-state index >= 15 is 0 Å². The summed E-state index contributed by atoms with van der Waals surface area (Å²) in [4.78, 5) is 8.97. The zero-order valence-corrected chi connectivity index (χ0v) is 13.0. The number of aromatic nitrogens is 2. The zero-order chi connectivity index (χ0) is 15.4. The molecule has 0 spiro atoms. The molecule has 0 unspecified atom stereocenters. The Kier molecular flexibility index (Phi) is 5.26.